The molecule has 1 aliphatic carbocycles. The van der Waals surface area contributed by atoms with Crippen LogP contribution in [0.3, 0.4) is 0 Å². The zero-order chi connectivity index (χ0) is 38.2. The average molecular weight is 747 g/mol. The van der Waals surface area contributed by atoms with Gasteiger partial charge in [0.15, 0.2) is 5.75 Å². The molecule has 4 rings (SSSR count). The quantitative estimate of drug-likeness (QED) is 0.0944. The summed E-state index contributed by atoms with van der Waals surface area (Å²) in [5, 5.41) is 0. The van der Waals surface area contributed by atoms with Crippen molar-refractivity contribution in [3.63, 3.8) is 0 Å². The van der Waals surface area contributed by atoms with Crippen LogP contribution < -0.4 is 9.64 Å². The lowest BCUT2D eigenvalue weighted by Gasteiger charge is -2.47. The van der Waals surface area contributed by atoms with E-state index in [1.165, 1.54) is 26.4 Å². The predicted octanol–water partition coefficient (Wildman–Crippen LogP) is 7.35. The minimum atomic E-state index is -5.03. The number of benzene rings is 1. The molecule has 11 nitrogen and oxygen atoms in total. The van der Waals surface area contributed by atoms with E-state index in [1.807, 2.05) is 13.8 Å². The Bertz CT molecular complexity index is 1470. The van der Waals surface area contributed by atoms with Gasteiger partial charge in [-0.25, -0.2) is 14.8 Å². The number of likely N-dealkylation sites (tertiary alicyclic amines) is 1. The Kier molecular flexibility index (Phi) is 13.6. The van der Waals surface area contributed by atoms with Crippen molar-refractivity contribution in [2.24, 2.45) is 5.92 Å². The molecule has 2 heterocycles. The number of alkyl halides is 6. The third kappa shape index (κ3) is 10.6. The molecule has 17 heteroatoms. The number of hydrogen-bond donors (Lipinski definition) is 0. The van der Waals surface area contributed by atoms with Crippen LogP contribution in [-0.4, -0.2) is 77.5 Å². The van der Waals surface area contributed by atoms with Gasteiger partial charge in [-0.3, -0.25) is 9.59 Å². The summed E-state index contributed by atoms with van der Waals surface area (Å²) in [6, 6.07) is 0.171. The lowest BCUT2D eigenvalue weighted by atomic mass is 9.87. The second-order valence-corrected chi connectivity index (χ2v) is 13.0. The van der Waals surface area contributed by atoms with Gasteiger partial charge in [-0.15, -0.1) is 0 Å². The highest BCUT2D eigenvalue weighted by molar-refractivity contribution is 5.72. The average Bonchev–Trinajstić information content (AvgIpc) is 3.11. The molecule has 1 aliphatic heterocycles. The normalized spacial score (nSPS) is 22.3. The number of carbonyl (C=O) groups is 3. The van der Waals surface area contributed by atoms with Crippen molar-refractivity contribution in [1.82, 2.24) is 14.9 Å². The largest absolute Gasteiger partial charge is 0.487 e. The first-order chi connectivity index (χ1) is 24.5. The number of ether oxygens (including phenoxy) is 4. The number of amides is 1. The van der Waals surface area contributed by atoms with E-state index in [1.54, 1.807) is 9.80 Å². The van der Waals surface area contributed by atoms with Gasteiger partial charge in [-0.1, -0.05) is 13.8 Å². The van der Waals surface area contributed by atoms with Crippen LogP contribution in [0.15, 0.2) is 30.6 Å². The summed E-state index contributed by atoms with van der Waals surface area (Å²) in [5.41, 5.74) is -3.13. The summed E-state index contributed by atoms with van der Waals surface area (Å²) in [7, 11) is 1.33. The fourth-order valence-electron chi connectivity index (χ4n) is 6.86. The Morgan fingerprint density at radius 1 is 0.865 bits per heavy atom. The molecule has 2 atom stereocenters. The van der Waals surface area contributed by atoms with Gasteiger partial charge in [-0.05, 0) is 75.1 Å². The number of piperidine rings is 1. The van der Waals surface area contributed by atoms with Crippen molar-refractivity contribution in [1.29, 1.82) is 0 Å². The number of aromatic nitrogens is 2. The van der Waals surface area contributed by atoms with E-state index in [0.717, 1.165) is 0 Å². The molecular weight excluding hydrogens is 702 g/mol. The van der Waals surface area contributed by atoms with E-state index >= 15 is 0 Å². The molecule has 0 N–H and O–H groups in total. The molecule has 1 aromatic heterocycles. The molecule has 2 aliphatic rings. The molecule has 2 aromatic rings. The van der Waals surface area contributed by atoms with Crippen molar-refractivity contribution in [2.45, 2.75) is 115 Å². The number of carbonyl (C=O) groups excluding carboxylic acids is 3. The molecule has 0 spiro atoms. The number of rotatable bonds is 12. The third-order valence-electron chi connectivity index (χ3n) is 9.47. The number of anilines is 1. The fourth-order valence-corrected chi connectivity index (χ4v) is 6.86. The summed E-state index contributed by atoms with van der Waals surface area (Å²) in [4.78, 5) is 48.6. The number of nitrogens with zero attached hydrogens (tertiary/aromatic N) is 4. The standard InChI is InChI=1S/C35H44F6N4O7/c1-5-26-16-28(17-27(6-2)45(26)33(48)52-29-9-7-23(8-10-29)31(47)49-4)44(32-42-18-30(19-43-32)51-12-11-50-21(3)46)20-22-13-24(34(36,37)38)15-25(14-22)35(39,40)41/h13-15,18-19,23,26-29H,5-12,16-17,20H2,1-4H3/t23-,26?,27?,28?,29-. The van der Waals surface area contributed by atoms with Crippen LogP contribution in [0.5, 0.6) is 5.75 Å². The van der Waals surface area contributed by atoms with Gasteiger partial charge in [0.1, 0.15) is 19.3 Å². The summed E-state index contributed by atoms with van der Waals surface area (Å²) in [6.45, 7) is 4.57. The predicted molar refractivity (Wildman–Crippen MR) is 174 cm³/mol. The SMILES string of the molecule is CCC1CC(N(Cc2cc(C(F)(F)F)cc(C(F)(F)F)c2)c2ncc(OCCOC(C)=O)cn2)CC(CC)N1C(=O)O[C@H]1CC[C@H](C(=O)OC)CC1. The highest BCUT2D eigenvalue weighted by Gasteiger charge is 2.42. The van der Waals surface area contributed by atoms with Gasteiger partial charge >= 0.3 is 30.4 Å². The maximum atomic E-state index is 13.8. The molecule has 1 aromatic carbocycles. The van der Waals surface area contributed by atoms with Crippen LogP contribution in [0.25, 0.3) is 0 Å². The highest BCUT2D eigenvalue weighted by atomic mass is 19.4. The minimum absolute atomic E-state index is 0.00586. The maximum Gasteiger partial charge on any atom is 0.416 e. The molecule has 1 saturated heterocycles. The zero-order valence-corrected chi connectivity index (χ0v) is 29.5. The summed E-state index contributed by atoms with van der Waals surface area (Å²) in [6.07, 6.45) is -4.71. The highest BCUT2D eigenvalue weighted by Crippen LogP contribution is 2.39. The lowest BCUT2D eigenvalue weighted by molar-refractivity contribution is -0.147. The van der Waals surface area contributed by atoms with Gasteiger partial charge in [0, 0.05) is 31.6 Å². The smallest absolute Gasteiger partial charge is 0.416 e. The van der Waals surface area contributed by atoms with Crippen molar-refractivity contribution in [3.05, 3.63) is 47.3 Å². The molecular formula is C35H44F6N4O7. The third-order valence-corrected chi connectivity index (χ3v) is 9.47. The summed E-state index contributed by atoms with van der Waals surface area (Å²) < 4.78 is 104. The number of methoxy groups -OCH3 is 1. The fraction of sp³-hybridized carbons (Fsp3) is 0.629. The van der Waals surface area contributed by atoms with Gasteiger partial charge in [-0.2, -0.15) is 26.3 Å². The van der Waals surface area contributed by atoms with Crippen LogP contribution >= 0.6 is 0 Å². The first kappa shape index (κ1) is 40.5. The first-order valence-electron chi connectivity index (χ1n) is 17.2. The van der Waals surface area contributed by atoms with Crippen molar-refractivity contribution < 1.29 is 59.7 Å². The molecule has 1 saturated carbocycles. The van der Waals surface area contributed by atoms with Gasteiger partial charge in [0.2, 0.25) is 5.95 Å². The van der Waals surface area contributed by atoms with E-state index < -0.39 is 48.1 Å². The number of halogens is 6. The van der Waals surface area contributed by atoms with E-state index in [-0.39, 0.29) is 66.6 Å². The van der Waals surface area contributed by atoms with Crippen molar-refractivity contribution >= 4 is 24.0 Å². The van der Waals surface area contributed by atoms with Crippen LogP contribution in [0.1, 0.15) is 88.8 Å². The summed E-state index contributed by atoms with van der Waals surface area (Å²) >= 11 is 0. The monoisotopic (exact) mass is 746 g/mol. The second kappa shape index (κ2) is 17.5. The van der Waals surface area contributed by atoms with Crippen LogP contribution in [0.2, 0.25) is 0 Å². The molecule has 52 heavy (non-hydrogen) atoms. The Morgan fingerprint density at radius 3 is 1.90 bits per heavy atom. The molecule has 1 amide bonds. The minimum Gasteiger partial charge on any atom is -0.487 e. The zero-order valence-electron chi connectivity index (χ0n) is 29.5. The van der Waals surface area contributed by atoms with Gasteiger partial charge < -0.3 is 28.7 Å². The van der Waals surface area contributed by atoms with Crippen LogP contribution in [0, 0.1) is 5.92 Å². The number of esters is 2. The van der Waals surface area contributed by atoms with Crippen LogP contribution in [-0.2, 0) is 42.7 Å². The molecule has 2 fully saturated rings. The van der Waals surface area contributed by atoms with Crippen molar-refractivity contribution in [3.8, 4) is 5.75 Å². The van der Waals surface area contributed by atoms with E-state index in [2.05, 4.69) is 9.97 Å². The first-order valence-corrected chi connectivity index (χ1v) is 17.2. The topological polar surface area (TPSA) is 120 Å². The Hall–Kier alpha value is -4.31. The molecule has 0 radical (unpaired) electrons. The van der Waals surface area contributed by atoms with Gasteiger partial charge in [0.25, 0.3) is 0 Å². The lowest BCUT2D eigenvalue weighted by Crippen LogP contribution is -2.57. The van der Waals surface area contributed by atoms with E-state index in [0.29, 0.717) is 63.5 Å². The van der Waals surface area contributed by atoms with E-state index in [4.69, 9.17) is 18.9 Å². The summed E-state index contributed by atoms with van der Waals surface area (Å²) in [5.74, 6) is -0.802. The maximum absolute atomic E-state index is 13.8. The Labute approximate surface area is 297 Å². The van der Waals surface area contributed by atoms with E-state index in [9.17, 15) is 40.7 Å². The molecule has 0 bridgehead atoms. The second-order valence-electron chi connectivity index (χ2n) is 13.0. The molecule has 288 valence electrons. The van der Waals surface area contributed by atoms with Crippen molar-refractivity contribution in [2.75, 3.05) is 25.2 Å². The molecule has 2 unspecified atom stereocenters. The van der Waals surface area contributed by atoms with Gasteiger partial charge in [0.05, 0.1) is 36.5 Å². The van der Waals surface area contributed by atoms with Crippen LogP contribution in [0.4, 0.5) is 37.1 Å². The Morgan fingerprint density at radius 2 is 1.42 bits per heavy atom. The number of hydrogen-bond acceptors (Lipinski definition) is 10. The Balaban J connectivity index is 1.62.